The van der Waals surface area contributed by atoms with Crippen LogP contribution in [-0.2, 0) is 149 Å². The molecule has 0 aromatic heterocycles. The lowest BCUT2D eigenvalue weighted by atomic mass is 9.93. The Kier molecular flexibility index (Phi) is 35.2. The molecule has 30 heteroatoms. The van der Waals surface area contributed by atoms with Crippen LogP contribution >= 0.6 is 0 Å². The van der Waals surface area contributed by atoms with Gasteiger partial charge in [0.15, 0.2) is 43.5 Å². The van der Waals surface area contributed by atoms with Crippen LogP contribution in [0.25, 0.3) is 0 Å². The standard InChI is InChI=1S/C106H115NO28Si/c1-69(108)107-85-90(130-99(111)78-49-31-15-32-50-78)86(129-98(110)77-47-29-14-30-48-77)83(67-123-97(109)76-45-27-13-28-46-76)125-101(85)134-93-89-84(68-124-106(2,135-89)105(113)115-4)128-104(96(93)131-100(112)79-51-33-16-34-52-79)133-88-82(66-117-60-71-37-19-9-20-38-71)127-103(95(122-63-74-43-25-12-26-44-74)92(88)119-61-72-39-21-10-22-40-72)132-87-81(65-116-59-70-35-17-8-18-36-70)126-102(118-57-58-136(5,6)7)94(121-62-73-41-23-11-24-42-73)91(87)120-64-75-53-55-80(114-3)56-54-75/h8-56,81-96,101-104H,57-68H2,1-7H3,(H,107,108)/t81-,82-,83-,84-,85-,86-,87+,88-,89+,90-,91+,92+,93+,94-,95+,96-,101+,102-,103+,104+,106?/m1/s1. The zero-order valence-electron chi connectivity index (χ0n) is 76.8. The Balaban J connectivity index is 0.892. The van der Waals surface area contributed by atoms with E-state index in [1.54, 1.807) is 79.9 Å². The smallest absolute Gasteiger partial charge is 0.366 e. The Bertz CT molecular complexity index is 5380. The molecule has 29 nitrogen and oxygen atoms in total. The molecular weight excluding hydrogens is 1760 g/mol. The summed E-state index contributed by atoms with van der Waals surface area (Å²) in [7, 11) is 0.959. The van der Waals surface area contributed by atoms with Crippen LogP contribution in [0, 0.1) is 0 Å². The quantitative estimate of drug-likeness (QED) is 0.0211. The van der Waals surface area contributed by atoms with Crippen LogP contribution in [0.3, 0.4) is 0 Å². The first-order valence-corrected chi connectivity index (χ1v) is 49.2. The van der Waals surface area contributed by atoms with Gasteiger partial charge in [0.1, 0.15) is 91.6 Å². The number of hydrogen-bond donors (Lipinski definition) is 1. The minimum absolute atomic E-state index is 0.00750. The molecule has 1 amide bonds. The molecule has 15 rings (SSSR count). The van der Waals surface area contributed by atoms with Gasteiger partial charge in [0, 0.05) is 28.5 Å². The van der Waals surface area contributed by atoms with E-state index < -0.39 is 186 Å². The van der Waals surface area contributed by atoms with E-state index in [4.69, 9.17) is 104 Å². The average Bonchev–Trinajstić information content (AvgIpc) is 0.741. The van der Waals surface area contributed by atoms with Gasteiger partial charge in [-0.3, -0.25) is 4.79 Å². The van der Waals surface area contributed by atoms with Crippen LogP contribution in [0.1, 0.15) is 88.7 Å². The van der Waals surface area contributed by atoms with Gasteiger partial charge in [0.05, 0.1) is 95.9 Å². The number of benzene rings is 10. The molecule has 10 aromatic carbocycles. The van der Waals surface area contributed by atoms with E-state index in [0.717, 1.165) is 41.0 Å². The fourth-order valence-corrected chi connectivity index (χ4v) is 17.3. The van der Waals surface area contributed by atoms with Gasteiger partial charge >= 0.3 is 29.8 Å². The molecule has 0 radical (unpaired) electrons. The fourth-order valence-electron chi connectivity index (χ4n) is 16.5. The van der Waals surface area contributed by atoms with Crippen molar-refractivity contribution in [2.45, 2.75) is 208 Å². The first-order valence-electron chi connectivity index (χ1n) is 45.5. The summed E-state index contributed by atoms with van der Waals surface area (Å²) in [5.41, 5.74) is 4.93. The van der Waals surface area contributed by atoms with E-state index in [1.807, 2.05) is 176 Å². The minimum atomic E-state index is -2.29. The molecule has 1 N–H and O–H groups in total. The van der Waals surface area contributed by atoms with Crippen molar-refractivity contribution in [1.82, 2.24) is 5.32 Å². The fraction of sp³-hybridized carbons (Fsp3) is 0.377. The van der Waals surface area contributed by atoms with Crippen molar-refractivity contribution in [3.63, 3.8) is 0 Å². The Morgan fingerprint density at radius 3 is 1.15 bits per heavy atom. The number of amides is 1. The van der Waals surface area contributed by atoms with E-state index in [1.165, 1.54) is 62.4 Å². The summed E-state index contributed by atoms with van der Waals surface area (Å²) >= 11 is 0. The van der Waals surface area contributed by atoms with Crippen LogP contribution in [0.2, 0.25) is 25.7 Å². The summed E-state index contributed by atoms with van der Waals surface area (Å²) in [6.45, 7) is 7.95. The zero-order chi connectivity index (χ0) is 94.8. The molecule has 136 heavy (non-hydrogen) atoms. The van der Waals surface area contributed by atoms with Gasteiger partial charge in [-0.15, -0.1) is 0 Å². The summed E-state index contributed by atoms with van der Waals surface area (Å²) in [5.74, 6) is -7.17. The highest BCUT2D eigenvalue weighted by Crippen LogP contribution is 2.44. The Hall–Kier alpha value is -11.6. The lowest BCUT2D eigenvalue weighted by molar-refractivity contribution is -0.416. The number of esters is 5. The van der Waals surface area contributed by atoms with Gasteiger partial charge < -0.3 is 110 Å². The van der Waals surface area contributed by atoms with E-state index in [2.05, 4.69) is 25.0 Å². The second kappa shape index (κ2) is 48.4. The van der Waals surface area contributed by atoms with Gasteiger partial charge in [-0.25, -0.2) is 24.0 Å². The van der Waals surface area contributed by atoms with E-state index in [0.29, 0.717) is 17.9 Å². The van der Waals surface area contributed by atoms with Crippen LogP contribution in [0.5, 0.6) is 5.75 Å². The molecule has 5 fully saturated rings. The van der Waals surface area contributed by atoms with Gasteiger partial charge in [0.2, 0.25) is 5.91 Å². The molecule has 5 aliphatic heterocycles. The molecule has 1 unspecified atom stereocenters. The predicted molar refractivity (Wildman–Crippen MR) is 495 cm³/mol. The number of hydrogen-bond acceptors (Lipinski definition) is 28. The number of rotatable bonds is 42. The minimum Gasteiger partial charge on any atom is -0.497 e. The van der Waals surface area contributed by atoms with Crippen LogP contribution in [-0.4, -0.2) is 220 Å². The third-order valence-electron chi connectivity index (χ3n) is 23.6. The predicted octanol–water partition coefficient (Wildman–Crippen LogP) is 14.5. The van der Waals surface area contributed by atoms with Crippen molar-refractivity contribution < 1.29 is 133 Å². The summed E-state index contributed by atoms with van der Waals surface area (Å²) in [6.07, 6.45) is -29.0. The van der Waals surface area contributed by atoms with Gasteiger partial charge in [0.25, 0.3) is 5.79 Å². The van der Waals surface area contributed by atoms with Gasteiger partial charge in [-0.2, -0.15) is 0 Å². The molecule has 716 valence electrons. The third-order valence-corrected chi connectivity index (χ3v) is 25.3. The van der Waals surface area contributed by atoms with Crippen molar-refractivity contribution in [2.75, 3.05) is 47.3 Å². The third kappa shape index (κ3) is 26.8. The maximum absolute atomic E-state index is 15.8. The zero-order valence-corrected chi connectivity index (χ0v) is 77.8. The molecule has 5 heterocycles. The van der Waals surface area contributed by atoms with E-state index in [9.17, 15) is 19.2 Å². The molecule has 0 bridgehead atoms. The van der Waals surface area contributed by atoms with Gasteiger partial charge in [-0.1, -0.05) is 256 Å². The number of nitrogens with one attached hydrogen (secondary N) is 1. The summed E-state index contributed by atoms with van der Waals surface area (Å²) < 4.78 is 153. The Labute approximate surface area is 791 Å². The summed E-state index contributed by atoms with van der Waals surface area (Å²) in [5, 5.41) is 2.87. The van der Waals surface area contributed by atoms with Crippen molar-refractivity contribution in [3.8, 4) is 5.75 Å². The van der Waals surface area contributed by atoms with E-state index in [-0.39, 0.29) is 75.1 Å². The Morgan fingerprint density at radius 1 is 0.368 bits per heavy atom. The second-order valence-corrected chi connectivity index (χ2v) is 40.4. The van der Waals surface area contributed by atoms with Crippen LogP contribution in [0.15, 0.2) is 297 Å². The molecule has 21 atom stereocenters. The van der Waals surface area contributed by atoms with Crippen molar-refractivity contribution >= 4 is 43.8 Å². The molecule has 10 aromatic rings. The summed E-state index contributed by atoms with van der Waals surface area (Å²) in [6, 6.07) is 86.1. The molecule has 0 aliphatic carbocycles. The maximum Gasteiger partial charge on any atom is 0.366 e. The van der Waals surface area contributed by atoms with Crippen LogP contribution < -0.4 is 10.1 Å². The SMILES string of the molecule is COC(=O)C1(C)OC[C@H]2O[C@@H](O[C@H]3[C@H](OCc4ccccc4)[C@H](OCc4ccccc4)[C@H](O[C@@H]4[C@H](OCc5ccc(OC)cc5)[C@@H](OCc5ccccc5)[C@H](OCC[Si](C)(C)C)O[C@@H]4COCc4ccccc4)O[C@@H]3COCc3ccccc3)[C@H](OC(=O)c3ccccc3)[C@@H](O[C@@H]3O[C@H](COC(=O)c4ccccc4)[C@@H](OC(=O)c4ccccc4)[C@H](OC(=O)c4ccccc4)[C@H]3NC(C)=O)[C@H]2O1. The number of methoxy groups -OCH3 is 2. The second-order valence-electron chi connectivity index (χ2n) is 34.8. The monoisotopic (exact) mass is 1880 g/mol. The molecule has 5 saturated heterocycles. The Morgan fingerprint density at radius 2 is 0.728 bits per heavy atom. The lowest BCUT2D eigenvalue weighted by Gasteiger charge is -2.54. The molecule has 0 spiro atoms. The number of carbonyl (C=O) groups excluding carboxylic acids is 6. The maximum atomic E-state index is 15.8. The largest absolute Gasteiger partial charge is 0.497 e. The topological polar surface area (TPSA) is 318 Å². The highest BCUT2D eigenvalue weighted by Gasteiger charge is 2.63. The average molecular weight is 1880 g/mol. The van der Waals surface area contributed by atoms with Crippen molar-refractivity contribution in [2.24, 2.45) is 0 Å². The number of carbonyl (C=O) groups is 6. The first kappa shape index (κ1) is 98.9. The molecular formula is C106H115NO28Si. The molecule has 5 aliphatic rings. The van der Waals surface area contributed by atoms with Crippen molar-refractivity contribution in [3.05, 3.63) is 353 Å². The highest BCUT2D eigenvalue weighted by atomic mass is 28.3. The van der Waals surface area contributed by atoms with Crippen LogP contribution in [0.4, 0.5) is 0 Å². The number of ether oxygens (including phenoxy) is 22. The lowest BCUT2D eigenvalue weighted by Crippen LogP contribution is -2.72. The van der Waals surface area contributed by atoms with Gasteiger partial charge in [-0.05, 0) is 100 Å². The first-order chi connectivity index (χ1) is 66.2. The van der Waals surface area contributed by atoms with E-state index >= 15 is 9.59 Å². The normalized spacial score (nSPS) is 26.5. The highest BCUT2D eigenvalue weighted by molar-refractivity contribution is 6.76. The number of fused-ring (bicyclic) bond motifs is 1. The summed E-state index contributed by atoms with van der Waals surface area (Å²) in [4.78, 5) is 88.6. The van der Waals surface area contributed by atoms with Crippen molar-refractivity contribution in [1.29, 1.82) is 0 Å². The molecule has 0 saturated carbocycles.